The Morgan fingerprint density at radius 1 is 1.23 bits per heavy atom. The van der Waals surface area contributed by atoms with Crippen LogP contribution in [0.2, 0.25) is 0 Å². The molecule has 0 bridgehead atoms. The largest absolute Gasteiger partial charge is 0.466 e. The molecule has 7 heteroatoms. The van der Waals surface area contributed by atoms with Crippen molar-refractivity contribution in [1.82, 2.24) is 5.01 Å². The van der Waals surface area contributed by atoms with Crippen LogP contribution in [-0.4, -0.2) is 29.1 Å². The number of anilines is 1. The maximum atomic E-state index is 11.7. The van der Waals surface area contributed by atoms with E-state index < -0.39 is 5.66 Å². The van der Waals surface area contributed by atoms with Gasteiger partial charge in [-0.25, -0.2) is 10.8 Å². The van der Waals surface area contributed by atoms with E-state index in [0.29, 0.717) is 30.8 Å². The summed E-state index contributed by atoms with van der Waals surface area (Å²) in [6.07, 6.45) is 10.1. The van der Waals surface area contributed by atoms with Gasteiger partial charge in [0.2, 0.25) is 5.90 Å². The summed E-state index contributed by atoms with van der Waals surface area (Å²) < 4.78 is 10.6. The zero-order chi connectivity index (χ0) is 22.0. The Bertz CT molecular complexity index is 896. The number of esters is 1. The lowest BCUT2D eigenvalue weighted by Crippen LogP contribution is -2.47. The summed E-state index contributed by atoms with van der Waals surface area (Å²) in [7, 11) is 0. The zero-order valence-electron chi connectivity index (χ0n) is 18.6. The molecule has 1 saturated carbocycles. The number of nitrogens with zero attached hydrogens (tertiary/aromatic N) is 3. The summed E-state index contributed by atoms with van der Waals surface area (Å²) in [4.78, 5) is 18.6. The fourth-order valence-corrected chi connectivity index (χ4v) is 4.65. The van der Waals surface area contributed by atoms with E-state index in [1.807, 2.05) is 13.1 Å². The third-order valence-corrected chi connectivity index (χ3v) is 6.36. The second-order valence-electron chi connectivity index (χ2n) is 8.92. The molecule has 0 radical (unpaired) electrons. The topological polar surface area (TPSA) is 80.4 Å². The molecule has 2 N–H and O–H groups in total. The molecule has 7 nitrogen and oxygen atoms in total. The number of ether oxygens (including phenoxy) is 2. The van der Waals surface area contributed by atoms with E-state index in [1.54, 1.807) is 6.20 Å². The number of carbonyl (C=O) groups is 1. The minimum Gasteiger partial charge on any atom is -0.466 e. The van der Waals surface area contributed by atoms with Gasteiger partial charge in [-0.2, -0.15) is 0 Å². The monoisotopic (exact) mass is 424 g/mol. The lowest BCUT2D eigenvalue weighted by molar-refractivity contribution is -0.144. The van der Waals surface area contributed by atoms with Gasteiger partial charge in [0, 0.05) is 18.3 Å². The van der Waals surface area contributed by atoms with E-state index in [4.69, 9.17) is 20.3 Å². The average Bonchev–Trinajstić information content (AvgIpc) is 2.74. The maximum absolute atomic E-state index is 11.7. The smallest absolute Gasteiger partial charge is 0.306 e. The second-order valence-corrected chi connectivity index (χ2v) is 8.92. The number of benzene rings is 1. The molecule has 2 heterocycles. The van der Waals surface area contributed by atoms with Gasteiger partial charge < -0.3 is 14.4 Å². The number of hydrogen-bond acceptors (Lipinski definition) is 7. The summed E-state index contributed by atoms with van der Waals surface area (Å²) in [6.45, 7) is 6.42. The number of fused-ring (bicyclic) bond motifs is 1. The van der Waals surface area contributed by atoms with Crippen LogP contribution in [-0.2, 0) is 14.3 Å². The van der Waals surface area contributed by atoms with Crippen LogP contribution in [0.5, 0.6) is 0 Å². The Hall–Kier alpha value is -2.80. The number of hydrazine groups is 1. The van der Waals surface area contributed by atoms with Gasteiger partial charge >= 0.3 is 5.97 Å². The van der Waals surface area contributed by atoms with E-state index in [1.165, 1.54) is 16.8 Å². The number of aliphatic imine (C=N–C) groups is 1. The fraction of sp³-hybridized carbons (Fsp3) is 0.500. The molecule has 0 saturated heterocycles. The SMILES string of the molecule is CCOC(=O)CC1CCC(c2ccc(N3C=C4C(=NC3(C)C)OC=CN4N)cc2)CC1. The van der Waals surface area contributed by atoms with E-state index >= 15 is 0 Å². The molecule has 0 aromatic heterocycles. The molecule has 0 amide bonds. The standard InChI is InChI=1S/C24H32N4O3/c1-4-30-22(29)15-17-5-7-18(8-6-17)19-9-11-20(12-10-19)27-16-21-23(26-24(27,2)3)31-14-13-28(21)25/h9-14,16-18H,4-8,15,25H2,1-3H3. The number of nitrogens with two attached hydrogens (primary N) is 1. The molecule has 1 aromatic carbocycles. The van der Waals surface area contributed by atoms with Crippen LogP contribution in [0.25, 0.3) is 0 Å². The predicted molar refractivity (Wildman–Crippen MR) is 121 cm³/mol. The number of hydrogen-bond donors (Lipinski definition) is 1. The van der Waals surface area contributed by atoms with E-state index in [9.17, 15) is 4.79 Å². The van der Waals surface area contributed by atoms with Gasteiger partial charge in [0.25, 0.3) is 0 Å². The van der Waals surface area contributed by atoms with Crippen LogP contribution in [0.4, 0.5) is 5.69 Å². The third-order valence-electron chi connectivity index (χ3n) is 6.36. The molecule has 4 rings (SSSR count). The predicted octanol–water partition coefficient (Wildman–Crippen LogP) is 4.39. The highest BCUT2D eigenvalue weighted by molar-refractivity contribution is 5.96. The molecule has 0 unspecified atom stereocenters. The molecule has 1 aliphatic carbocycles. The van der Waals surface area contributed by atoms with E-state index in [0.717, 1.165) is 37.1 Å². The Kier molecular flexibility index (Phi) is 6.05. The zero-order valence-corrected chi connectivity index (χ0v) is 18.6. The van der Waals surface area contributed by atoms with Gasteiger partial charge in [-0.3, -0.25) is 9.80 Å². The van der Waals surface area contributed by atoms with Gasteiger partial charge in [0.15, 0.2) is 0 Å². The fourth-order valence-electron chi connectivity index (χ4n) is 4.65. The molecule has 166 valence electrons. The summed E-state index contributed by atoms with van der Waals surface area (Å²) in [6, 6.07) is 8.74. The molecule has 3 aliphatic rings. The Morgan fingerprint density at radius 3 is 2.61 bits per heavy atom. The van der Waals surface area contributed by atoms with Gasteiger partial charge in [-0.15, -0.1) is 0 Å². The van der Waals surface area contributed by atoms with Crippen molar-refractivity contribution in [1.29, 1.82) is 0 Å². The molecule has 0 spiro atoms. The second kappa shape index (κ2) is 8.75. The highest BCUT2D eigenvalue weighted by atomic mass is 16.5. The molecule has 1 fully saturated rings. The Balaban J connectivity index is 1.43. The van der Waals surface area contributed by atoms with Crippen molar-refractivity contribution in [2.24, 2.45) is 16.8 Å². The van der Waals surface area contributed by atoms with Crippen molar-refractivity contribution in [3.05, 3.63) is 54.2 Å². The number of rotatable bonds is 5. The molecule has 1 aromatic rings. The van der Waals surface area contributed by atoms with Crippen LogP contribution >= 0.6 is 0 Å². The van der Waals surface area contributed by atoms with Crippen LogP contribution in [0.1, 0.15) is 64.4 Å². The normalized spacial score (nSPS) is 24.6. The van der Waals surface area contributed by atoms with Crippen molar-refractivity contribution in [2.45, 2.75) is 64.5 Å². The molecule has 31 heavy (non-hydrogen) atoms. The first-order chi connectivity index (χ1) is 14.9. The van der Waals surface area contributed by atoms with Crippen LogP contribution in [0.15, 0.2) is 53.6 Å². The first-order valence-corrected chi connectivity index (χ1v) is 11.1. The summed E-state index contributed by atoms with van der Waals surface area (Å²) >= 11 is 0. The minimum atomic E-state index is -0.489. The lowest BCUT2D eigenvalue weighted by atomic mass is 9.77. The molecule has 2 aliphatic heterocycles. The Morgan fingerprint density at radius 2 is 1.94 bits per heavy atom. The highest BCUT2D eigenvalue weighted by Gasteiger charge is 2.34. The van der Waals surface area contributed by atoms with Crippen molar-refractivity contribution in [3.63, 3.8) is 0 Å². The van der Waals surface area contributed by atoms with Gasteiger partial charge in [0.1, 0.15) is 17.6 Å². The minimum absolute atomic E-state index is 0.0608. The van der Waals surface area contributed by atoms with Crippen molar-refractivity contribution in [2.75, 3.05) is 11.5 Å². The summed E-state index contributed by atoms with van der Waals surface area (Å²) in [5.74, 6) is 7.52. The summed E-state index contributed by atoms with van der Waals surface area (Å²) in [5.41, 5.74) is 2.65. The number of carbonyl (C=O) groups excluding carboxylic acids is 1. The van der Waals surface area contributed by atoms with Crippen molar-refractivity contribution in [3.8, 4) is 0 Å². The first kappa shape index (κ1) is 21.4. The lowest BCUT2D eigenvalue weighted by Gasteiger charge is -2.40. The maximum Gasteiger partial charge on any atom is 0.306 e. The van der Waals surface area contributed by atoms with Gasteiger partial charge in [-0.05, 0) is 76.0 Å². The van der Waals surface area contributed by atoms with E-state index in [2.05, 4.69) is 43.0 Å². The average molecular weight is 425 g/mol. The van der Waals surface area contributed by atoms with Gasteiger partial charge in [0.05, 0.1) is 12.8 Å². The van der Waals surface area contributed by atoms with Crippen LogP contribution in [0, 0.1) is 5.92 Å². The van der Waals surface area contributed by atoms with Crippen molar-refractivity contribution >= 4 is 17.6 Å². The molecular weight excluding hydrogens is 392 g/mol. The molecular formula is C24H32N4O3. The molecule has 0 atom stereocenters. The van der Waals surface area contributed by atoms with Crippen LogP contribution < -0.4 is 10.7 Å². The quantitative estimate of drug-likeness (QED) is 0.558. The van der Waals surface area contributed by atoms with E-state index in [-0.39, 0.29) is 5.97 Å². The Labute approximate surface area is 184 Å². The first-order valence-electron chi connectivity index (χ1n) is 11.1. The highest BCUT2D eigenvalue weighted by Crippen LogP contribution is 2.39. The van der Waals surface area contributed by atoms with Crippen LogP contribution in [0.3, 0.4) is 0 Å². The van der Waals surface area contributed by atoms with Gasteiger partial charge in [-0.1, -0.05) is 12.1 Å². The van der Waals surface area contributed by atoms with Crippen molar-refractivity contribution < 1.29 is 14.3 Å². The third kappa shape index (κ3) is 4.61. The summed E-state index contributed by atoms with van der Waals surface area (Å²) in [5, 5.41) is 1.52.